The molecule has 0 heterocycles. The molecule has 2 nitrogen and oxygen atoms in total. The summed E-state index contributed by atoms with van der Waals surface area (Å²) in [6.45, 7) is 11.1. The third-order valence-electron chi connectivity index (χ3n) is 4.68. The Labute approximate surface area is 106 Å². The normalized spacial score (nSPS) is 30.1. The standard InChI is InChI=1S/C15H28O2/c1-6-14(16)17-13-9-8-12(10-11(13)3)15(4,5)7-2/h11-13H,6-10H2,1-5H3. The number of carbonyl (C=O) groups is 1. The fourth-order valence-electron chi connectivity index (χ4n) is 2.79. The molecule has 0 radical (unpaired) electrons. The van der Waals surface area contributed by atoms with Crippen LogP contribution in [0.5, 0.6) is 0 Å². The predicted octanol–water partition coefficient (Wildman–Crippen LogP) is 4.18. The van der Waals surface area contributed by atoms with Crippen molar-refractivity contribution in [3.63, 3.8) is 0 Å². The lowest BCUT2D eigenvalue weighted by Gasteiger charge is -2.41. The van der Waals surface area contributed by atoms with Crippen LogP contribution in [-0.2, 0) is 9.53 Å². The van der Waals surface area contributed by atoms with E-state index >= 15 is 0 Å². The van der Waals surface area contributed by atoms with Gasteiger partial charge in [-0.05, 0) is 36.5 Å². The first-order valence-corrected chi connectivity index (χ1v) is 7.10. The van der Waals surface area contributed by atoms with Crippen LogP contribution in [0.1, 0.15) is 66.7 Å². The van der Waals surface area contributed by atoms with Crippen LogP contribution in [0.4, 0.5) is 0 Å². The zero-order chi connectivity index (χ0) is 13.1. The van der Waals surface area contributed by atoms with Gasteiger partial charge in [0, 0.05) is 6.42 Å². The third kappa shape index (κ3) is 3.72. The Kier molecular flexibility index (Phi) is 5.03. The van der Waals surface area contributed by atoms with Crippen LogP contribution in [0, 0.1) is 17.3 Å². The van der Waals surface area contributed by atoms with Gasteiger partial charge in [0.1, 0.15) is 6.10 Å². The molecule has 0 saturated heterocycles. The Morgan fingerprint density at radius 3 is 2.41 bits per heavy atom. The highest BCUT2D eigenvalue weighted by Crippen LogP contribution is 2.43. The molecule has 0 aromatic carbocycles. The second-order valence-corrected chi connectivity index (χ2v) is 6.21. The van der Waals surface area contributed by atoms with Crippen LogP contribution in [0.15, 0.2) is 0 Å². The molecule has 1 aliphatic rings. The Bertz CT molecular complexity index is 258. The van der Waals surface area contributed by atoms with Crippen LogP contribution in [0.25, 0.3) is 0 Å². The Morgan fingerprint density at radius 2 is 1.94 bits per heavy atom. The first-order valence-electron chi connectivity index (χ1n) is 7.10. The fraction of sp³-hybridized carbons (Fsp3) is 0.933. The monoisotopic (exact) mass is 240 g/mol. The van der Waals surface area contributed by atoms with Gasteiger partial charge in [-0.25, -0.2) is 0 Å². The molecule has 0 aromatic rings. The molecule has 1 saturated carbocycles. The van der Waals surface area contributed by atoms with Gasteiger partial charge >= 0.3 is 5.97 Å². The first-order chi connectivity index (χ1) is 7.90. The van der Waals surface area contributed by atoms with E-state index in [9.17, 15) is 4.79 Å². The van der Waals surface area contributed by atoms with Crippen LogP contribution in [0.2, 0.25) is 0 Å². The van der Waals surface area contributed by atoms with Crippen LogP contribution >= 0.6 is 0 Å². The summed E-state index contributed by atoms with van der Waals surface area (Å²) in [7, 11) is 0. The van der Waals surface area contributed by atoms with Gasteiger partial charge < -0.3 is 4.74 Å². The van der Waals surface area contributed by atoms with Crippen molar-refractivity contribution in [3.05, 3.63) is 0 Å². The summed E-state index contributed by atoms with van der Waals surface area (Å²) in [6, 6.07) is 0. The molecular weight excluding hydrogens is 212 g/mol. The summed E-state index contributed by atoms with van der Waals surface area (Å²) in [5, 5.41) is 0. The number of hydrogen-bond donors (Lipinski definition) is 0. The smallest absolute Gasteiger partial charge is 0.305 e. The third-order valence-corrected chi connectivity index (χ3v) is 4.68. The molecule has 2 heteroatoms. The van der Waals surface area contributed by atoms with E-state index in [-0.39, 0.29) is 12.1 Å². The minimum absolute atomic E-state index is 0.0462. The quantitative estimate of drug-likeness (QED) is 0.689. The van der Waals surface area contributed by atoms with Gasteiger partial charge in [-0.2, -0.15) is 0 Å². The molecule has 1 fully saturated rings. The molecule has 0 bridgehead atoms. The van der Waals surface area contributed by atoms with Gasteiger partial charge in [-0.15, -0.1) is 0 Å². The summed E-state index contributed by atoms with van der Waals surface area (Å²) in [4.78, 5) is 11.3. The molecule has 0 aromatic heterocycles. The number of rotatable bonds is 4. The van der Waals surface area contributed by atoms with Crippen LogP contribution < -0.4 is 0 Å². The summed E-state index contributed by atoms with van der Waals surface area (Å²) in [5.74, 6) is 1.24. The van der Waals surface area contributed by atoms with Crippen LogP contribution in [-0.4, -0.2) is 12.1 Å². The van der Waals surface area contributed by atoms with Crippen molar-refractivity contribution >= 4 is 5.97 Å². The maximum atomic E-state index is 11.3. The number of esters is 1. The zero-order valence-corrected chi connectivity index (χ0v) is 12.1. The zero-order valence-electron chi connectivity index (χ0n) is 12.1. The molecule has 100 valence electrons. The van der Waals surface area contributed by atoms with Crippen molar-refractivity contribution in [2.24, 2.45) is 17.3 Å². The highest BCUT2D eigenvalue weighted by atomic mass is 16.5. The van der Waals surface area contributed by atoms with Gasteiger partial charge in [-0.3, -0.25) is 4.79 Å². The second kappa shape index (κ2) is 5.88. The molecule has 3 unspecified atom stereocenters. The molecule has 17 heavy (non-hydrogen) atoms. The van der Waals surface area contributed by atoms with E-state index in [0.717, 1.165) is 12.3 Å². The van der Waals surface area contributed by atoms with E-state index in [0.29, 0.717) is 17.8 Å². The molecule has 0 aliphatic heterocycles. The Morgan fingerprint density at radius 1 is 1.29 bits per heavy atom. The van der Waals surface area contributed by atoms with Crippen molar-refractivity contribution < 1.29 is 9.53 Å². The van der Waals surface area contributed by atoms with Gasteiger partial charge in [0.15, 0.2) is 0 Å². The van der Waals surface area contributed by atoms with Gasteiger partial charge in [0.25, 0.3) is 0 Å². The molecule has 1 rings (SSSR count). The second-order valence-electron chi connectivity index (χ2n) is 6.21. The molecule has 3 atom stereocenters. The van der Waals surface area contributed by atoms with Crippen molar-refractivity contribution in [2.75, 3.05) is 0 Å². The molecule has 1 aliphatic carbocycles. The number of hydrogen-bond acceptors (Lipinski definition) is 2. The highest BCUT2D eigenvalue weighted by molar-refractivity contribution is 5.69. The van der Waals surface area contributed by atoms with Crippen molar-refractivity contribution in [1.82, 2.24) is 0 Å². The number of ether oxygens (including phenoxy) is 1. The molecule has 0 amide bonds. The SMILES string of the molecule is CCC(=O)OC1CCC(C(C)(C)CC)CC1C. The van der Waals surface area contributed by atoms with Crippen molar-refractivity contribution in [3.8, 4) is 0 Å². The van der Waals surface area contributed by atoms with Gasteiger partial charge in [0.2, 0.25) is 0 Å². The van der Waals surface area contributed by atoms with E-state index < -0.39 is 0 Å². The van der Waals surface area contributed by atoms with Crippen molar-refractivity contribution in [1.29, 1.82) is 0 Å². The average Bonchev–Trinajstić information content (AvgIpc) is 2.31. The highest BCUT2D eigenvalue weighted by Gasteiger charge is 2.36. The van der Waals surface area contributed by atoms with Crippen LogP contribution in [0.3, 0.4) is 0 Å². The fourth-order valence-corrected chi connectivity index (χ4v) is 2.79. The Hall–Kier alpha value is -0.530. The maximum absolute atomic E-state index is 11.3. The van der Waals surface area contributed by atoms with Gasteiger partial charge in [-0.1, -0.05) is 41.0 Å². The minimum atomic E-state index is -0.0462. The topological polar surface area (TPSA) is 26.3 Å². The Balaban J connectivity index is 2.52. The van der Waals surface area contributed by atoms with E-state index in [1.54, 1.807) is 0 Å². The first kappa shape index (κ1) is 14.5. The lowest BCUT2D eigenvalue weighted by Crippen LogP contribution is -2.36. The molecular formula is C15H28O2. The lowest BCUT2D eigenvalue weighted by atomic mass is 9.66. The average molecular weight is 240 g/mol. The van der Waals surface area contributed by atoms with Gasteiger partial charge in [0.05, 0.1) is 0 Å². The predicted molar refractivity (Wildman–Crippen MR) is 70.7 cm³/mol. The van der Waals surface area contributed by atoms with Crippen molar-refractivity contribution in [2.45, 2.75) is 72.8 Å². The van der Waals surface area contributed by atoms with E-state index in [2.05, 4.69) is 27.7 Å². The minimum Gasteiger partial charge on any atom is -0.462 e. The molecule has 0 N–H and O–H groups in total. The van der Waals surface area contributed by atoms with E-state index in [1.165, 1.54) is 19.3 Å². The summed E-state index contributed by atoms with van der Waals surface area (Å²) >= 11 is 0. The maximum Gasteiger partial charge on any atom is 0.305 e. The molecule has 0 spiro atoms. The van der Waals surface area contributed by atoms with E-state index in [1.807, 2.05) is 6.92 Å². The summed E-state index contributed by atoms with van der Waals surface area (Å²) in [6.07, 6.45) is 5.32. The number of carbonyl (C=O) groups excluding carboxylic acids is 1. The summed E-state index contributed by atoms with van der Waals surface area (Å²) in [5.41, 5.74) is 0.425. The summed E-state index contributed by atoms with van der Waals surface area (Å²) < 4.78 is 5.51. The lowest BCUT2D eigenvalue weighted by molar-refractivity contribution is -0.154. The largest absolute Gasteiger partial charge is 0.462 e. The van der Waals surface area contributed by atoms with E-state index in [4.69, 9.17) is 4.74 Å².